The predicted molar refractivity (Wildman–Crippen MR) is 101 cm³/mol. The zero-order valence-corrected chi connectivity index (χ0v) is 16.2. The first kappa shape index (κ1) is 20.7. The van der Waals surface area contributed by atoms with E-state index in [1.54, 1.807) is 13.3 Å². The van der Waals surface area contributed by atoms with E-state index in [4.69, 9.17) is 17.0 Å². The third-order valence-corrected chi connectivity index (χ3v) is 2.91. The van der Waals surface area contributed by atoms with Crippen molar-refractivity contribution in [1.29, 1.82) is 0 Å². The van der Waals surface area contributed by atoms with Crippen molar-refractivity contribution in [2.45, 2.75) is 6.92 Å². The molecule has 2 rings (SSSR count). The molecule has 0 fully saturated rings. The van der Waals surface area contributed by atoms with Gasteiger partial charge in [-0.3, -0.25) is 10.4 Å². The number of ether oxygens (including phenoxy) is 1. The molecule has 0 saturated carbocycles. The van der Waals surface area contributed by atoms with Crippen molar-refractivity contribution in [3.63, 3.8) is 0 Å². The molecule has 0 aliphatic heterocycles. The van der Waals surface area contributed by atoms with Crippen molar-refractivity contribution in [2.24, 2.45) is 5.10 Å². The number of anilines is 1. The van der Waals surface area contributed by atoms with Crippen molar-refractivity contribution in [1.82, 2.24) is 10.4 Å². The molecule has 9 heteroatoms. The van der Waals surface area contributed by atoms with Gasteiger partial charge in [-0.1, -0.05) is 18.2 Å². The fraction of sp³-hybridized carbons (Fsp3) is 0.133. The number of nitrogens with one attached hydrogen (secondary N) is 2. The molecule has 0 bridgehead atoms. The van der Waals surface area contributed by atoms with Crippen molar-refractivity contribution in [2.75, 3.05) is 12.4 Å². The summed E-state index contributed by atoms with van der Waals surface area (Å²) in [6.07, 6.45) is 1.72. The molecule has 0 radical (unpaired) electrons. The molecule has 0 amide bonds. The zero-order chi connectivity index (χ0) is 17.8. The van der Waals surface area contributed by atoms with Crippen LogP contribution in [-0.4, -0.2) is 22.9 Å². The van der Waals surface area contributed by atoms with Crippen LogP contribution in [0.25, 0.3) is 0 Å². The average molecular weight is 435 g/mol. The van der Waals surface area contributed by atoms with Crippen molar-refractivity contribution in [3.05, 3.63) is 54.4 Å². The third-order valence-electron chi connectivity index (χ3n) is 2.72. The second kappa shape index (κ2) is 12.1. The number of thiocarbonyl (C=S) groups is 1. The van der Waals surface area contributed by atoms with E-state index in [0.717, 1.165) is 30.2 Å². The van der Waals surface area contributed by atoms with E-state index < -0.39 is 0 Å². The summed E-state index contributed by atoms with van der Waals surface area (Å²) in [4.78, 5) is 4.21. The van der Waals surface area contributed by atoms with Gasteiger partial charge in [0.2, 0.25) is 0 Å². The Labute approximate surface area is 161 Å². The number of hydrogen-bond acceptors (Lipinski definition) is 4. The van der Waals surface area contributed by atoms with Crippen LogP contribution in [0.1, 0.15) is 12.6 Å². The van der Waals surface area contributed by atoms with Crippen LogP contribution in [0.5, 0.6) is 5.75 Å². The molecule has 24 heavy (non-hydrogen) atoms. The Morgan fingerprint density at radius 1 is 1.21 bits per heavy atom. The average Bonchev–Trinajstić information content (AvgIpc) is 2.61. The molecule has 1 aromatic heterocycles. The molecule has 1 aromatic carbocycles. The Morgan fingerprint density at radius 2 is 1.88 bits per heavy atom. The monoisotopic (exact) mass is 433 g/mol. The summed E-state index contributed by atoms with van der Waals surface area (Å²) in [6.45, 7) is 1.86. The Balaban J connectivity index is 0.000000891. The van der Waals surface area contributed by atoms with E-state index in [1.807, 2.05) is 49.4 Å². The number of nitrogens with zero attached hydrogens (tertiary/aromatic N) is 2. The molecule has 2 N–H and O–H groups in total. The topological polar surface area (TPSA) is 58.5 Å². The first-order valence-electron chi connectivity index (χ1n) is 6.59. The van der Waals surface area contributed by atoms with Gasteiger partial charge in [0.25, 0.3) is 0 Å². The summed E-state index contributed by atoms with van der Waals surface area (Å²) in [6, 6.07) is 13.2. The number of methoxy groups -OCH3 is 1. The molecule has 1 heterocycles. The minimum atomic E-state index is 0.384. The SMILES string of the molecule is COc1ccccc1NC(=S)NN=C(C)c1ccccn1.[Cl][Cu][Cl]. The van der Waals surface area contributed by atoms with Crippen LogP contribution >= 0.6 is 32.4 Å². The van der Waals surface area contributed by atoms with Gasteiger partial charge in [-0.15, -0.1) is 0 Å². The molecule has 0 atom stereocenters. The van der Waals surface area contributed by atoms with Crippen LogP contribution in [0.3, 0.4) is 0 Å². The molecular weight excluding hydrogens is 419 g/mol. The van der Waals surface area contributed by atoms with Crippen molar-refractivity contribution < 1.29 is 17.9 Å². The molecule has 0 spiro atoms. The summed E-state index contributed by atoms with van der Waals surface area (Å²) in [5.74, 6) is 0.715. The first-order chi connectivity index (χ1) is 11.6. The fourth-order valence-electron chi connectivity index (χ4n) is 1.67. The number of rotatable bonds is 4. The van der Waals surface area contributed by atoms with E-state index in [-0.39, 0.29) is 0 Å². The Kier molecular flexibility index (Phi) is 10.4. The second-order valence-corrected chi connectivity index (χ2v) is 6.19. The minimum absolute atomic E-state index is 0.384. The summed E-state index contributed by atoms with van der Waals surface area (Å²) >= 11 is 5.96. The molecule has 133 valence electrons. The van der Waals surface area contributed by atoms with E-state index >= 15 is 0 Å². The third kappa shape index (κ3) is 7.47. The quantitative estimate of drug-likeness (QED) is 0.327. The van der Waals surface area contributed by atoms with Crippen LogP contribution in [0.4, 0.5) is 5.69 Å². The molecule has 0 unspecified atom stereocenters. The van der Waals surface area contributed by atoms with E-state index in [9.17, 15) is 0 Å². The van der Waals surface area contributed by atoms with E-state index in [1.165, 1.54) is 0 Å². The first-order valence-corrected chi connectivity index (χ1v) is 9.59. The van der Waals surface area contributed by atoms with Crippen molar-refractivity contribution >= 4 is 48.9 Å². The van der Waals surface area contributed by atoms with Gasteiger partial charge >= 0.3 is 33.3 Å². The molecular formula is C15H16Cl2CuN4OS. The number of hydrogen-bond donors (Lipinski definition) is 2. The number of hydrazone groups is 1. The molecule has 0 saturated heterocycles. The van der Waals surface area contributed by atoms with Gasteiger partial charge in [-0.2, -0.15) is 5.10 Å². The van der Waals surface area contributed by atoms with E-state index in [2.05, 4.69) is 41.0 Å². The fourth-order valence-corrected chi connectivity index (χ4v) is 1.82. The number of aromatic nitrogens is 1. The molecule has 5 nitrogen and oxygen atoms in total. The van der Waals surface area contributed by atoms with Crippen molar-refractivity contribution in [3.8, 4) is 5.75 Å². The van der Waals surface area contributed by atoms with Crippen LogP contribution < -0.4 is 15.5 Å². The second-order valence-electron chi connectivity index (χ2n) is 4.22. The van der Waals surface area contributed by atoms with Crippen LogP contribution in [0.2, 0.25) is 0 Å². The van der Waals surface area contributed by atoms with Gasteiger partial charge in [0.15, 0.2) is 5.11 Å². The van der Waals surface area contributed by atoms with Gasteiger partial charge < -0.3 is 10.1 Å². The summed E-state index contributed by atoms with van der Waals surface area (Å²) in [7, 11) is 11.0. The summed E-state index contributed by atoms with van der Waals surface area (Å²) in [5, 5.41) is 7.63. The van der Waals surface area contributed by atoms with Gasteiger partial charge in [-0.25, -0.2) is 0 Å². The predicted octanol–water partition coefficient (Wildman–Crippen LogP) is 4.18. The van der Waals surface area contributed by atoms with E-state index in [0.29, 0.717) is 10.9 Å². The molecule has 0 aliphatic carbocycles. The van der Waals surface area contributed by atoms with Crippen LogP contribution in [0, 0.1) is 0 Å². The number of halogens is 2. The Bertz CT molecular complexity index is 674. The maximum absolute atomic E-state index is 5.25. The van der Waals surface area contributed by atoms with Gasteiger partial charge in [0, 0.05) is 6.20 Å². The van der Waals surface area contributed by atoms with Gasteiger partial charge in [-0.05, 0) is 43.4 Å². The summed E-state index contributed by atoms with van der Waals surface area (Å²) in [5.41, 5.74) is 5.12. The molecule has 0 aliphatic rings. The molecule has 2 aromatic rings. The van der Waals surface area contributed by atoms with Gasteiger partial charge in [0.05, 0.1) is 24.2 Å². The number of benzene rings is 1. The Hall–Kier alpha value is -1.37. The number of para-hydroxylation sites is 2. The van der Waals surface area contributed by atoms with Crippen LogP contribution in [0.15, 0.2) is 53.8 Å². The Morgan fingerprint density at radius 3 is 2.50 bits per heavy atom. The number of pyridine rings is 1. The normalized spacial score (nSPS) is 10.4. The summed E-state index contributed by atoms with van der Waals surface area (Å²) < 4.78 is 5.25. The zero-order valence-electron chi connectivity index (χ0n) is 12.9. The van der Waals surface area contributed by atoms with Gasteiger partial charge in [0.1, 0.15) is 5.75 Å². The standard InChI is InChI=1S/C15H16N4OS.2ClH.Cu/c1-11(12-7-5-6-10-16-12)18-19-15(21)17-13-8-3-4-9-14(13)20-2;;;/h3-10H,1-2H3,(H2,17,19,21);2*1H;/q;;;+2/p-2. The maximum atomic E-state index is 5.25. The van der Waals surface area contributed by atoms with Crippen LogP contribution in [-0.2, 0) is 13.1 Å².